The molecule has 0 amide bonds. The lowest BCUT2D eigenvalue weighted by atomic mass is 10.2. The third-order valence-corrected chi connectivity index (χ3v) is 2.60. The molecule has 0 atom stereocenters. The maximum Gasteiger partial charge on any atom is 0.150 e. The average Bonchev–Trinajstić information content (AvgIpc) is 2.78. The van der Waals surface area contributed by atoms with Crippen molar-refractivity contribution in [2.24, 2.45) is 0 Å². The molecule has 2 heterocycles. The summed E-state index contributed by atoms with van der Waals surface area (Å²) in [5.41, 5.74) is 2.33. The molecular weight excluding hydrogens is 204 g/mol. The molecule has 2 rings (SSSR count). The van der Waals surface area contributed by atoms with Crippen molar-refractivity contribution >= 4 is 0 Å². The number of hydrogen-bond acceptors (Lipinski definition) is 4. The van der Waals surface area contributed by atoms with E-state index in [-0.39, 0.29) is 0 Å². The standard InChI is InChI=1S/C12H18N2O2/c1-2-11-6-12(16-14-11)8-13-7-10-4-3-5-15-9-10/h4,6,13H,2-3,5,7-9H2,1H3. The van der Waals surface area contributed by atoms with Gasteiger partial charge in [0.2, 0.25) is 0 Å². The van der Waals surface area contributed by atoms with Crippen LogP contribution in [0.25, 0.3) is 0 Å². The lowest BCUT2D eigenvalue weighted by Gasteiger charge is -2.13. The maximum atomic E-state index is 5.36. The molecule has 1 N–H and O–H groups in total. The molecule has 0 saturated carbocycles. The zero-order valence-electron chi connectivity index (χ0n) is 9.66. The molecule has 0 fully saturated rings. The molecule has 0 spiro atoms. The number of rotatable bonds is 5. The molecule has 0 aliphatic carbocycles. The Morgan fingerprint density at radius 2 is 2.38 bits per heavy atom. The van der Waals surface area contributed by atoms with Crippen LogP contribution < -0.4 is 5.32 Å². The van der Waals surface area contributed by atoms with E-state index in [4.69, 9.17) is 9.26 Å². The molecule has 88 valence electrons. The monoisotopic (exact) mass is 222 g/mol. The summed E-state index contributed by atoms with van der Waals surface area (Å²) in [7, 11) is 0. The van der Waals surface area contributed by atoms with Crippen molar-refractivity contribution in [1.29, 1.82) is 0 Å². The van der Waals surface area contributed by atoms with Gasteiger partial charge >= 0.3 is 0 Å². The highest BCUT2D eigenvalue weighted by Crippen LogP contribution is 2.06. The van der Waals surface area contributed by atoms with Crippen LogP contribution in [-0.4, -0.2) is 24.9 Å². The Hall–Kier alpha value is -1.13. The van der Waals surface area contributed by atoms with Crippen LogP contribution in [0.3, 0.4) is 0 Å². The van der Waals surface area contributed by atoms with Crippen molar-refractivity contribution in [2.45, 2.75) is 26.3 Å². The third kappa shape index (κ3) is 3.18. The molecule has 0 saturated heterocycles. The molecule has 1 aliphatic heterocycles. The predicted molar refractivity (Wildman–Crippen MR) is 61.1 cm³/mol. The summed E-state index contributed by atoms with van der Waals surface area (Å²) in [6.07, 6.45) is 4.19. The molecule has 1 aromatic heterocycles. The second-order valence-corrected chi connectivity index (χ2v) is 3.95. The number of ether oxygens (including phenoxy) is 1. The van der Waals surface area contributed by atoms with Crippen LogP contribution in [-0.2, 0) is 17.7 Å². The molecular formula is C12H18N2O2. The van der Waals surface area contributed by atoms with Crippen molar-refractivity contribution in [3.05, 3.63) is 29.2 Å². The van der Waals surface area contributed by atoms with E-state index in [2.05, 4.69) is 23.5 Å². The van der Waals surface area contributed by atoms with E-state index in [0.717, 1.165) is 50.6 Å². The Morgan fingerprint density at radius 3 is 3.06 bits per heavy atom. The van der Waals surface area contributed by atoms with Crippen LogP contribution >= 0.6 is 0 Å². The number of aryl methyl sites for hydroxylation is 1. The minimum absolute atomic E-state index is 0.727. The van der Waals surface area contributed by atoms with Gasteiger partial charge in [0.15, 0.2) is 5.76 Å². The minimum atomic E-state index is 0.727. The Labute approximate surface area is 95.6 Å². The first-order valence-electron chi connectivity index (χ1n) is 5.79. The molecule has 0 bridgehead atoms. The number of hydrogen-bond donors (Lipinski definition) is 1. The number of nitrogens with zero attached hydrogens (tertiary/aromatic N) is 1. The molecule has 4 nitrogen and oxygen atoms in total. The first-order valence-corrected chi connectivity index (χ1v) is 5.79. The van der Waals surface area contributed by atoms with Crippen LogP contribution in [0.1, 0.15) is 24.8 Å². The van der Waals surface area contributed by atoms with Crippen LogP contribution in [0.4, 0.5) is 0 Å². The topological polar surface area (TPSA) is 47.3 Å². The second kappa shape index (κ2) is 5.82. The molecule has 0 radical (unpaired) electrons. The largest absolute Gasteiger partial charge is 0.377 e. The fourth-order valence-electron chi connectivity index (χ4n) is 1.68. The summed E-state index contributed by atoms with van der Waals surface area (Å²) < 4.78 is 10.5. The molecule has 0 unspecified atom stereocenters. The normalized spacial score (nSPS) is 16.2. The van der Waals surface area contributed by atoms with Crippen molar-refractivity contribution < 1.29 is 9.26 Å². The molecule has 1 aliphatic rings. The fraction of sp³-hybridized carbons (Fsp3) is 0.583. The van der Waals surface area contributed by atoms with Crippen molar-refractivity contribution in [1.82, 2.24) is 10.5 Å². The zero-order chi connectivity index (χ0) is 11.2. The van der Waals surface area contributed by atoms with Gasteiger partial charge in [-0.1, -0.05) is 18.2 Å². The van der Waals surface area contributed by atoms with E-state index < -0.39 is 0 Å². The lowest BCUT2D eigenvalue weighted by molar-refractivity contribution is 0.148. The van der Waals surface area contributed by atoms with Gasteiger partial charge in [-0.3, -0.25) is 0 Å². The Balaban J connectivity index is 1.73. The first-order chi connectivity index (χ1) is 7.88. The van der Waals surface area contributed by atoms with E-state index in [1.54, 1.807) is 0 Å². The smallest absolute Gasteiger partial charge is 0.150 e. The van der Waals surface area contributed by atoms with Gasteiger partial charge in [-0.15, -0.1) is 0 Å². The number of aromatic nitrogens is 1. The van der Waals surface area contributed by atoms with Gasteiger partial charge in [-0.25, -0.2) is 0 Å². The summed E-state index contributed by atoms with van der Waals surface area (Å²) >= 11 is 0. The first kappa shape index (κ1) is 11.4. The summed E-state index contributed by atoms with van der Waals surface area (Å²) in [5, 5.41) is 7.27. The molecule has 1 aromatic rings. The zero-order valence-corrected chi connectivity index (χ0v) is 9.66. The predicted octanol–water partition coefficient (Wildman–Crippen LogP) is 1.67. The van der Waals surface area contributed by atoms with Crippen molar-refractivity contribution in [2.75, 3.05) is 19.8 Å². The summed E-state index contributed by atoms with van der Waals surface area (Å²) in [5.74, 6) is 0.897. The Morgan fingerprint density at radius 1 is 1.44 bits per heavy atom. The summed E-state index contributed by atoms with van der Waals surface area (Å²) in [6.45, 7) is 5.26. The molecule has 4 heteroatoms. The van der Waals surface area contributed by atoms with Gasteiger partial charge in [0.1, 0.15) is 0 Å². The van der Waals surface area contributed by atoms with Gasteiger partial charge in [0, 0.05) is 12.6 Å². The average molecular weight is 222 g/mol. The van der Waals surface area contributed by atoms with E-state index in [9.17, 15) is 0 Å². The highest BCUT2D eigenvalue weighted by Gasteiger charge is 2.05. The van der Waals surface area contributed by atoms with Crippen LogP contribution in [0.2, 0.25) is 0 Å². The summed E-state index contributed by atoms with van der Waals surface area (Å²) in [4.78, 5) is 0. The van der Waals surface area contributed by atoms with Gasteiger partial charge in [0.05, 0.1) is 25.5 Å². The Kier molecular flexibility index (Phi) is 4.13. The SMILES string of the molecule is CCc1cc(CNCC2=CCCOC2)on1. The van der Waals surface area contributed by atoms with E-state index in [1.165, 1.54) is 5.57 Å². The maximum absolute atomic E-state index is 5.36. The van der Waals surface area contributed by atoms with Crippen LogP contribution in [0.15, 0.2) is 22.2 Å². The van der Waals surface area contributed by atoms with E-state index in [1.807, 2.05) is 6.07 Å². The quantitative estimate of drug-likeness (QED) is 0.770. The number of nitrogens with one attached hydrogen (secondary N) is 1. The molecule has 0 aromatic carbocycles. The molecule has 16 heavy (non-hydrogen) atoms. The van der Waals surface area contributed by atoms with Gasteiger partial charge in [-0.2, -0.15) is 0 Å². The summed E-state index contributed by atoms with van der Waals surface area (Å²) in [6, 6.07) is 2.00. The lowest BCUT2D eigenvalue weighted by Crippen LogP contribution is -2.20. The van der Waals surface area contributed by atoms with Crippen LogP contribution in [0, 0.1) is 0 Å². The van der Waals surface area contributed by atoms with Gasteiger partial charge in [-0.05, 0) is 18.4 Å². The van der Waals surface area contributed by atoms with E-state index >= 15 is 0 Å². The van der Waals surface area contributed by atoms with Crippen molar-refractivity contribution in [3.63, 3.8) is 0 Å². The van der Waals surface area contributed by atoms with Gasteiger partial charge in [0.25, 0.3) is 0 Å². The van der Waals surface area contributed by atoms with Crippen LogP contribution in [0.5, 0.6) is 0 Å². The second-order valence-electron chi connectivity index (χ2n) is 3.95. The third-order valence-electron chi connectivity index (χ3n) is 2.60. The van der Waals surface area contributed by atoms with Gasteiger partial charge < -0.3 is 14.6 Å². The highest BCUT2D eigenvalue weighted by molar-refractivity contribution is 5.08. The van der Waals surface area contributed by atoms with E-state index in [0.29, 0.717) is 0 Å². The highest BCUT2D eigenvalue weighted by atomic mass is 16.5. The fourth-order valence-corrected chi connectivity index (χ4v) is 1.68. The van der Waals surface area contributed by atoms with Crippen molar-refractivity contribution in [3.8, 4) is 0 Å². The minimum Gasteiger partial charge on any atom is -0.377 e. The Bertz CT molecular complexity index is 358.